The maximum atomic E-state index is 12.1. The molecule has 2 rings (SSSR count). The van der Waals surface area contributed by atoms with E-state index >= 15 is 0 Å². The van der Waals surface area contributed by atoms with Crippen LogP contribution in [-0.2, 0) is 4.79 Å². The maximum Gasteiger partial charge on any atom is 0.250 e. The molecule has 2 aromatic rings. The highest BCUT2D eigenvalue weighted by Gasteiger charge is 2.12. The number of carbonyl (C=O) groups is 2. The third-order valence-electron chi connectivity index (χ3n) is 3.45. The van der Waals surface area contributed by atoms with Gasteiger partial charge in [0.05, 0.1) is 28.2 Å². The summed E-state index contributed by atoms with van der Waals surface area (Å²) in [4.78, 5) is 23.4. The number of amides is 2. The average molecular weight is 366 g/mol. The lowest BCUT2D eigenvalue weighted by Gasteiger charge is -2.16. The predicted octanol–water partition coefficient (Wildman–Crippen LogP) is 3.38. The highest BCUT2D eigenvalue weighted by atomic mass is 35.5. The molecule has 0 aliphatic carbocycles. The molecule has 4 N–H and O–H groups in total. The topological polar surface area (TPSA) is 84.2 Å². The molecular formula is C17H17Cl2N3O2. The van der Waals surface area contributed by atoms with Gasteiger partial charge in [-0.15, -0.1) is 0 Å². The van der Waals surface area contributed by atoms with Gasteiger partial charge >= 0.3 is 0 Å². The van der Waals surface area contributed by atoms with Crippen molar-refractivity contribution in [2.24, 2.45) is 5.73 Å². The Bertz CT molecular complexity index is 765. The van der Waals surface area contributed by atoms with Crippen molar-refractivity contribution >= 4 is 40.7 Å². The summed E-state index contributed by atoms with van der Waals surface area (Å²) in [7, 11) is 0. The summed E-state index contributed by atoms with van der Waals surface area (Å²) >= 11 is 11.9. The number of rotatable bonds is 6. The predicted molar refractivity (Wildman–Crippen MR) is 96.5 cm³/mol. The number of carbonyl (C=O) groups excluding carboxylic acids is 2. The molecule has 0 saturated carbocycles. The Morgan fingerprint density at radius 3 is 2.50 bits per heavy atom. The first kappa shape index (κ1) is 18.1. The molecule has 0 spiro atoms. The van der Waals surface area contributed by atoms with Crippen molar-refractivity contribution in [2.75, 3.05) is 11.9 Å². The fourth-order valence-electron chi connectivity index (χ4n) is 2.19. The summed E-state index contributed by atoms with van der Waals surface area (Å²) in [5, 5.41) is 6.65. The normalized spacial score (nSPS) is 11.6. The molecule has 5 nitrogen and oxygen atoms in total. The number of hydrogen-bond acceptors (Lipinski definition) is 3. The van der Waals surface area contributed by atoms with Gasteiger partial charge in [-0.05, 0) is 36.8 Å². The maximum absolute atomic E-state index is 12.1. The number of hydrogen-bond donors (Lipinski definition) is 3. The molecule has 0 aromatic heterocycles. The van der Waals surface area contributed by atoms with Gasteiger partial charge < -0.3 is 16.4 Å². The van der Waals surface area contributed by atoms with Crippen LogP contribution in [0.15, 0.2) is 42.5 Å². The molecule has 0 radical (unpaired) electrons. The smallest absolute Gasteiger partial charge is 0.250 e. The first-order chi connectivity index (χ1) is 11.4. The highest BCUT2D eigenvalue weighted by Crippen LogP contribution is 2.25. The van der Waals surface area contributed by atoms with Crippen molar-refractivity contribution < 1.29 is 9.59 Å². The van der Waals surface area contributed by atoms with Crippen LogP contribution >= 0.6 is 23.2 Å². The molecule has 126 valence electrons. The average Bonchev–Trinajstić information content (AvgIpc) is 2.55. The summed E-state index contributed by atoms with van der Waals surface area (Å²) in [5.41, 5.74) is 7.00. The van der Waals surface area contributed by atoms with Crippen molar-refractivity contribution in [3.63, 3.8) is 0 Å². The Hall–Kier alpha value is -2.24. The van der Waals surface area contributed by atoms with Gasteiger partial charge in [-0.2, -0.15) is 0 Å². The van der Waals surface area contributed by atoms with Crippen LogP contribution in [0.25, 0.3) is 0 Å². The first-order valence-corrected chi connectivity index (χ1v) is 8.01. The SMILES string of the molecule is CC(NC(=O)CNc1ccccc1C(N)=O)c1ccc(Cl)c(Cl)c1. The van der Waals surface area contributed by atoms with Gasteiger partial charge in [-0.3, -0.25) is 9.59 Å². The minimum atomic E-state index is -0.553. The second-order valence-corrected chi connectivity index (χ2v) is 6.04. The summed E-state index contributed by atoms with van der Waals surface area (Å²) in [6.07, 6.45) is 0. The van der Waals surface area contributed by atoms with Crippen LogP contribution in [0, 0.1) is 0 Å². The molecule has 0 aliphatic heterocycles. The van der Waals surface area contributed by atoms with Crippen LogP contribution in [-0.4, -0.2) is 18.4 Å². The Labute approximate surface area is 150 Å². The van der Waals surface area contributed by atoms with E-state index in [2.05, 4.69) is 10.6 Å². The van der Waals surface area contributed by atoms with Gasteiger partial charge in [0, 0.05) is 5.69 Å². The first-order valence-electron chi connectivity index (χ1n) is 7.25. The molecule has 0 heterocycles. The van der Waals surface area contributed by atoms with E-state index in [4.69, 9.17) is 28.9 Å². The van der Waals surface area contributed by atoms with E-state index in [0.29, 0.717) is 21.3 Å². The Morgan fingerprint density at radius 1 is 1.12 bits per heavy atom. The number of para-hydroxylation sites is 1. The number of nitrogens with one attached hydrogen (secondary N) is 2. The van der Waals surface area contributed by atoms with Crippen LogP contribution < -0.4 is 16.4 Å². The lowest BCUT2D eigenvalue weighted by molar-refractivity contribution is -0.120. The number of nitrogens with two attached hydrogens (primary N) is 1. The van der Waals surface area contributed by atoms with E-state index in [9.17, 15) is 9.59 Å². The van der Waals surface area contributed by atoms with Gasteiger partial charge in [0.2, 0.25) is 5.91 Å². The van der Waals surface area contributed by atoms with Gasteiger partial charge in [0.1, 0.15) is 0 Å². The largest absolute Gasteiger partial charge is 0.376 e. The molecule has 2 amide bonds. The van der Waals surface area contributed by atoms with E-state index in [1.54, 1.807) is 42.5 Å². The number of halogens is 2. The van der Waals surface area contributed by atoms with Crippen LogP contribution in [0.4, 0.5) is 5.69 Å². The van der Waals surface area contributed by atoms with Gasteiger partial charge in [0.25, 0.3) is 5.91 Å². The molecular weight excluding hydrogens is 349 g/mol. The van der Waals surface area contributed by atoms with E-state index in [-0.39, 0.29) is 18.5 Å². The van der Waals surface area contributed by atoms with Crippen molar-refractivity contribution in [2.45, 2.75) is 13.0 Å². The van der Waals surface area contributed by atoms with Gasteiger partial charge in [0.15, 0.2) is 0 Å². The van der Waals surface area contributed by atoms with Crippen LogP contribution in [0.3, 0.4) is 0 Å². The summed E-state index contributed by atoms with van der Waals surface area (Å²) in [6.45, 7) is 1.85. The lowest BCUT2D eigenvalue weighted by atomic mass is 10.1. The van der Waals surface area contributed by atoms with Crippen LogP contribution in [0.5, 0.6) is 0 Å². The zero-order valence-corrected chi connectivity index (χ0v) is 14.5. The van der Waals surface area contributed by atoms with E-state index in [1.165, 1.54) is 0 Å². The van der Waals surface area contributed by atoms with Crippen LogP contribution in [0.2, 0.25) is 10.0 Å². The Morgan fingerprint density at radius 2 is 1.83 bits per heavy atom. The third kappa shape index (κ3) is 4.63. The van der Waals surface area contributed by atoms with Gasteiger partial charge in [-0.25, -0.2) is 0 Å². The second kappa shape index (κ2) is 8.04. The van der Waals surface area contributed by atoms with Crippen molar-refractivity contribution in [3.05, 3.63) is 63.6 Å². The fraction of sp³-hybridized carbons (Fsp3) is 0.176. The lowest BCUT2D eigenvalue weighted by Crippen LogP contribution is -2.32. The quantitative estimate of drug-likeness (QED) is 0.733. The van der Waals surface area contributed by atoms with E-state index < -0.39 is 5.91 Å². The highest BCUT2D eigenvalue weighted by molar-refractivity contribution is 6.42. The van der Waals surface area contributed by atoms with Crippen molar-refractivity contribution in [1.29, 1.82) is 0 Å². The van der Waals surface area contributed by atoms with Crippen molar-refractivity contribution in [1.82, 2.24) is 5.32 Å². The molecule has 1 unspecified atom stereocenters. The zero-order chi connectivity index (χ0) is 17.7. The minimum Gasteiger partial charge on any atom is -0.376 e. The summed E-state index contributed by atoms with van der Waals surface area (Å²) in [5.74, 6) is -0.782. The zero-order valence-electron chi connectivity index (χ0n) is 13.0. The summed E-state index contributed by atoms with van der Waals surface area (Å²) in [6, 6.07) is 11.7. The van der Waals surface area contributed by atoms with E-state index in [1.807, 2.05) is 6.92 Å². The molecule has 1 atom stereocenters. The standard InChI is InChI=1S/C17H17Cl2N3O2/c1-10(11-6-7-13(18)14(19)8-11)22-16(23)9-21-15-5-3-2-4-12(15)17(20)24/h2-8,10,21H,9H2,1H3,(H2,20,24)(H,22,23). The number of benzene rings is 2. The van der Waals surface area contributed by atoms with Crippen LogP contribution in [0.1, 0.15) is 28.9 Å². The van der Waals surface area contributed by atoms with Gasteiger partial charge in [-0.1, -0.05) is 41.4 Å². The third-order valence-corrected chi connectivity index (χ3v) is 4.19. The monoisotopic (exact) mass is 365 g/mol. The molecule has 0 bridgehead atoms. The molecule has 0 aliphatic rings. The summed E-state index contributed by atoms with van der Waals surface area (Å²) < 4.78 is 0. The van der Waals surface area contributed by atoms with E-state index in [0.717, 1.165) is 5.56 Å². The number of primary amides is 1. The molecule has 24 heavy (non-hydrogen) atoms. The fourth-order valence-corrected chi connectivity index (χ4v) is 2.49. The molecule has 7 heteroatoms. The molecule has 2 aromatic carbocycles. The Kier molecular flexibility index (Phi) is 6.06. The molecule has 0 fully saturated rings. The minimum absolute atomic E-state index is 0.00988. The number of anilines is 1. The van der Waals surface area contributed by atoms with Crippen molar-refractivity contribution in [3.8, 4) is 0 Å². The second-order valence-electron chi connectivity index (χ2n) is 5.23. The molecule has 0 saturated heterocycles. The Balaban J connectivity index is 1.96.